The van der Waals surface area contributed by atoms with Crippen molar-refractivity contribution >= 4 is 11.0 Å². The summed E-state index contributed by atoms with van der Waals surface area (Å²) in [6.45, 7) is 6.00. The maximum Gasteiger partial charge on any atom is 0.134 e. The number of hydrogen-bond acceptors (Lipinski definition) is 3. The zero-order chi connectivity index (χ0) is 13.7. The van der Waals surface area contributed by atoms with E-state index in [-0.39, 0.29) is 12.0 Å². The van der Waals surface area contributed by atoms with Crippen molar-refractivity contribution < 1.29 is 9.52 Å². The first-order valence-corrected chi connectivity index (χ1v) is 7.02. The zero-order valence-electron chi connectivity index (χ0n) is 11.8. The molecule has 0 radical (unpaired) electrons. The van der Waals surface area contributed by atoms with Crippen LogP contribution in [-0.2, 0) is 6.54 Å². The molecule has 1 aromatic heterocycles. The van der Waals surface area contributed by atoms with Crippen LogP contribution in [0.2, 0.25) is 0 Å². The first-order valence-electron chi connectivity index (χ1n) is 7.02. The Kier molecular flexibility index (Phi) is 4.61. The Labute approximate surface area is 114 Å². The molecule has 1 heterocycles. The highest BCUT2D eigenvalue weighted by Crippen LogP contribution is 2.25. The predicted octanol–water partition coefficient (Wildman–Crippen LogP) is 3.32. The van der Waals surface area contributed by atoms with E-state index in [1.807, 2.05) is 18.2 Å². The minimum absolute atomic E-state index is 0.00792. The van der Waals surface area contributed by atoms with Gasteiger partial charge in [-0.05, 0) is 25.0 Å². The third kappa shape index (κ3) is 3.17. The number of benzene rings is 1. The minimum atomic E-state index is -0.00792. The van der Waals surface area contributed by atoms with Gasteiger partial charge in [-0.1, -0.05) is 32.0 Å². The van der Waals surface area contributed by atoms with Gasteiger partial charge < -0.3 is 14.8 Å². The van der Waals surface area contributed by atoms with Crippen LogP contribution in [0, 0.1) is 5.41 Å². The summed E-state index contributed by atoms with van der Waals surface area (Å²) in [5, 5.41) is 14.1. The first-order chi connectivity index (χ1) is 9.23. The lowest BCUT2D eigenvalue weighted by atomic mass is 9.83. The number of nitrogens with one attached hydrogen (secondary N) is 1. The number of aliphatic hydroxyl groups is 1. The Morgan fingerprint density at radius 1 is 1.21 bits per heavy atom. The van der Waals surface area contributed by atoms with E-state index in [2.05, 4.69) is 31.3 Å². The van der Waals surface area contributed by atoms with E-state index in [4.69, 9.17) is 4.42 Å². The van der Waals surface area contributed by atoms with Crippen molar-refractivity contribution in [3.05, 3.63) is 36.1 Å². The van der Waals surface area contributed by atoms with Crippen LogP contribution in [0.1, 0.15) is 32.4 Å². The Balaban J connectivity index is 1.95. The molecule has 0 fully saturated rings. The molecule has 1 aromatic carbocycles. The molecule has 3 nitrogen and oxygen atoms in total. The Bertz CT molecular complexity index is 473. The van der Waals surface area contributed by atoms with E-state index in [9.17, 15) is 5.11 Å². The van der Waals surface area contributed by atoms with Gasteiger partial charge in [0.2, 0.25) is 0 Å². The molecule has 2 aromatic rings. The summed E-state index contributed by atoms with van der Waals surface area (Å²) in [6, 6.07) is 10.1. The molecule has 0 spiro atoms. The average molecular weight is 261 g/mol. The maximum absolute atomic E-state index is 9.52. The summed E-state index contributed by atoms with van der Waals surface area (Å²) in [5.74, 6) is 0.945. The number of fused-ring (bicyclic) bond motifs is 1. The lowest BCUT2D eigenvalue weighted by Gasteiger charge is -2.29. The summed E-state index contributed by atoms with van der Waals surface area (Å²) >= 11 is 0. The topological polar surface area (TPSA) is 45.4 Å². The van der Waals surface area contributed by atoms with E-state index >= 15 is 0 Å². The maximum atomic E-state index is 9.52. The molecule has 0 bridgehead atoms. The Hall–Kier alpha value is -1.32. The van der Waals surface area contributed by atoms with Crippen molar-refractivity contribution in [2.45, 2.75) is 33.2 Å². The number of rotatable bonds is 7. The van der Waals surface area contributed by atoms with Gasteiger partial charge in [-0.2, -0.15) is 0 Å². The molecule has 0 saturated carbocycles. The normalized spacial score (nSPS) is 12.2. The molecule has 104 valence electrons. The fraction of sp³-hybridized carbons (Fsp3) is 0.500. The lowest BCUT2D eigenvalue weighted by Crippen LogP contribution is -2.36. The SMILES string of the molecule is CCC(CC)(CO)CNCc1cc2ccccc2o1. The second kappa shape index (κ2) is 6.22. The van der Waals surface area contributed by atoms with Crippen molar-refractivity contribution in [3.63, 3.8) is 0 Å². The molecule has 0 unspecified atom stereocenters. The molecule has 0 aliphatic heterocycles. The average Bonchev–Trinajstić information content (AvgIpc) is 2.87. The van der Waals surface area contributed by atoms with Crippen molar-refractivity contribution in [3.8, 4) is 0 Å². The van der Waals surface area contributed by atoms with Crippen LogP contribution in [0.5, 0.6) is 0 Å². The van der Waals surface area contributed by atoms with Gasteiger partial charge in [-0.25, -0.2) is 0 Å². The summed E-state index contributed by atoms with van der Waals surface area (Å²) in [4.78, 5) is 0. The fourth-order valence-corrected chi connectivity index (χ4v) is 2.35. The molecular formula is C16H23NO2. The summed E-state index contributed by atoms with van der Waals surface area (Å²) in [6.07, 6.45) is 1.96. The number of aliphatic hydroxyl groups excluding tert-OH is 1. The molecule has 2 rings (SSSR count). The number of hydrogen-bond donors (Lipinski definition) is 2. The third-order valence-electron chi connectivity index (χ3n) is 4.11. The molecule has 0 aliphatic rings. The summed E-state index contributed by atoms with van der Waals surface area (Å²) < 4.78 is 5.76. The Morgan fingerprint density at radius 3 is 2.58 bits per heavy atom. The van der Waals surface area contributed by atoms with Crippen LogP contribution < -0.4 is 5.32 Å². The van der Waals surface area contributed by atoms with E-state index in [1.165, 1.54) is 0 Å². The summed E-state index contributed by atoms with van der Waals surface area (Å²) in [5.41, 5.74) is 0.921. The highest BCUT2D eigenvalue weighted by Gasteiger charge is 2.24. The number of furan rings is 1. The highest BCUT2D eigenvalue weighted by atomic mass is 16.3. The van der Waals surface area contributed by atoms with Crippen molar-refractivity contribution in [2.75, 3.05) is 13.2 Å². The van der Waals surface area contributed by atoms with E-state index in [0.717, 1.165) is 36.1 Å². The van der Waals surface area contributed by atoms with Gasteiger partial charge in [0.25, 0.3) is 0 Å². The van der Waals surface area contributed by atoms with Crippen molar-refractivity contribution in [1.82, 2.24) is 5.32 Å². The van der Waals surface area contributed by atoms with Crippen molar-refractivity contribution in [1.29, 1.82) is 0 Å². The van der Waals surface area contributed by atoms with Crippen LogP contribution in [0.4, 0.5) is 0 Å². The van der Waals surface area contributed by atoms with Gasteiger partial charge in [0.1, 0.15) is 11.3 Å². The lowest BCUT2D eigenvalue weighted by molar-refractivity contribution is 0.112. The fourth-order valence-electron chi connectivity index (χ4n) is 2.35. The van der Waals surface area contributed by atoms with Gasteiger partial charge in [-0.15, -0.1) is 0 Å². The minimum Gasteiger partial charge on any atom is -0.460 e. The van der Waals surface area contributed by atoms with Crippen LogP contribution in [0.15, 0.2) is 34.7 Å². The van der Waals surface area contributed by atoms with E-state index in [1.54, 1.807) is 0 Å². The standard InChI is InChI=1S/C16H23NO2/c1-3-16(4-2,12-18)11-17-10-14-9-13-7-5-6-8-15(13)19-14/h5-9,17-18H,3-4,10-12H2,1-2H3. The molecule has 0 aliphatic carbocycles. The van der Waals surface area contributed by atoms with Gasteiger partial charge in [0.15, 0.2) is 0 Å². The molecule has 0 saturated heterocycles. The second-order valence-electron chi connectivity index (χ2n) is 5.22. The van der Waals surface area contributed by atoms with Crippen molar-refractivity contribution in [2.24, 2.45) is 5.41 Å². The van der Waals surface area contributed by atoms with Crippen LogP contribution >= 0.6 is 0 Å². The predicted molar refractivity (Wildman–Crippen MR) is 78.0 cm³/mol. The van der Waals surface area contributed by atoms with Crippen LogP contribution in [0.3, 0.4) is 0 Å². The van der Waals surface area contributed by atoms with Gasteiger partial charge in [0.05, 0.1) is 6.54 Å². The zero-order valence-corrected chi connectivity index (χ0v) is 11.8. The van der Waals surface area contributed by atoms with Crippen LogP contribution in [-0.4, -0.2) is 18.3 Å². The second-order valence-corrected chi connectivity index (χ2v) is 5.22. The molecule has 2 N–H and O–H groups in total. The molecule has 0 amide bonds. The first kappa shape index (κ1) is 14.1. The van der Waals surface area contributed by atoms with E-state index < -0.39 is 0 Å². The summed E-state index contributed by atoms with van der Waals surface area (Å²) in [7, 11) is 0. The molecular weight excluding hydrogens is 238 g/mol. The smallest absolute Gasteiger partial charge is 0.134 e. The van der Waals surface area contributed by atoms with Gasteiger partial charge >= 0.3 is 0 Å². The van der Waals surface area contributed by atoms with E-state index in [0.29, 0.717) is 6.54 Å². The van der Waals surface area contributed by atoms with Gasteiger partial charge in [-0.3, -0.25) is 0 Å². The quantitative estimate of drug-likeness (QED) is 0.803. The third-order valence-corrected chi connectivity index (χ3v) is 4.11. The monoisotopic (exact) mass is 261 g/mol. The molecule has 19 heavy (non-hydrogen) atoms. The molecule has 0 atom stereocenters. The number of para-hydroxylation sites is 1. The largest absolute Gasteiger partial charge is 0.460 e. The van der Waals surface area contributed by atoms with Gasteiger partial charge in [0, 0.05) is 24.0 Å². The molecule has 3 heteroatoms. The Morgan fingerprint density at radius 2 is 1.95 bits per heavy atom. The van der Waals surface area contributed by atoms with Crippen LogP contribution in [0.25, 0.3) is 11.0 Å². The highest BCUT2D eigenvalue weighted by molar-refractivity contribution is 5.77.